The highest BCUT2D eigenvalue weighted by Crippen LogP contribution is 2.24. The maximum absolute atomic E-state index is 13.3. The normalized spacial score (nSPS) is 19.0. The van der Waals surface area contributed by atoms with E-state index >= 15 is 0 Å². The summed E-state index contributed by atoms with van der Waals surface area (Å²) >= 11 is 0. The summed E-state index contributed by atoms with van der Waals surface area (Å²) in [6, 6.07) is -1.20. The van der Waals surface area contributed by atoms with Crippen LogP contribution in [-0.2, 0) is 14.3 Å². The second-order valence-electron chi connectivity index (χ2n) is 26.0. The standard InChI is InChI=1S/C76H141NO10/c1-3-5-7-9-11-13-15-17-19-21-23-25-27-29-31-33-35-37-39-41-43-45-47-49-51-53-55-57-59-61-63-68(79)71(81)67(66-86-76-74(84)73(83)72(82)70(65-78)87-76)77-75(85)69(80)64-62-60-58-56-54-52-50-48-46-44-42-40-38-36-34-32-30-28-26-24-22-20-18-16-14-12-10-8-6-4-2/h24,26,30,32,39,41,47,49,55,57,67-74,76,78-84H,3-23,25,27-29,31,33-38,40,42-46,48,50-54,56,58-66H2,1-2H3,(H,77,85)/b26-24-,32-30-,41-39+,49-47+,57-55+. The van der Waals surface area contributed by atoms with Crippen molar-refractivity contribution in [2.24, 2.45) is 0 Å². The number of ether oxygens (including phenoxy) is 2. The fourth-order valence-electron chi connectivity index (χ4n) is 11.8. The van der Waals surface area contributed by atoms with Crippen LogP contribution in [0.15, 0.2) is 60.8 Å². The molecule has 0 bridgehead atoms. The predicted octanol–water partition coefficient (Wildman–Crippen LogP) is 18.5. The molecular weight excluding hydrogens is 1090 g/mol. The van der Waals surface area contributed by atoms with Gasteiger partial charge in [-0.25, -0.2) is 0 Å². The predicted molar refractivity (Wildman–Crippen MR) is 367 cm³/mol. The first kappa shape index (κ1) is 82.8. The number of allylic oxidation sites excluding steroid dienone is 10. The van der Waals surface area contributed by atoms with Crippen LogP contribution >= 0.6 is 0 Å². The highest BCUT2D eigenvalue weighted by Gasteiger charge is 2.44. The SMILES string of the molecule is CCCCCCCCCCC/C=C\C/C=C\CCCCCCCCCCCCCCCCC(O)C(=O)NC(COC1OC(CO)C(O)C(O)C1O)C(O)C(O)CCC/C=C/CC/C=C/CC/C=C/CCCCCCCCCCCCCCCCCCC. The molecule has 87 heavy (non-hydrogen) atoms. The quantitative estimate of drug-likeness (QED) is 0.0215. The van der Waals surface area contributed by atoms with Crippen LogP contribution < -0.4 is 5.32 Å². The van der Waals surface area contributed by atoms with Gasteiger partial charge in [-0.1, -0.05) is 312 Å². The summed E-state index contributed by atoms with van der Waals surface area (Å²) in [5.41, 5.74) is 0. The molecule has 1 amide bonds. The minimum absolute atomic E-state index is 0.240. The number of carbonyl (C=O) groups excluding carboxylic acids is 1. The Bertz CT molecular complexity index is 1600. The van der Waals surface area contributed by atoms with E-state index in [1.807, 2.05) is 0 Å². The zero-order valence-electron chi connectivity index (χ0n) is 56.5. The molecule has 0 aromatic rings. The largest absolute Gasteiger partial charge is 0.394 e. The summed E-state index contributed by atoms with van der Waals surface area (Å²) in [6.07, 6.45) is 74.6. The molecule has 0 spiro atoms. The molecule has 510 valence electrons. The lowest BCUT2D eigenvalue weighted by Gasteiger charge is -2.40. The molecule has 1 rings (SSSR count). The van der Waals surface area contributed by atoms with Crippen molar-refractivity contribution in [2.75, 3.05) is 13.2 Å². The molecule has 1 heterocycles. The van der Waals surface area contributed by atoms with Crippen molar-refractivity contribution in [3.05, 3.63) is 60.8 Å². The van der Waals surface area contributed by atoms with E-state index in [9.17, 15) is 40.5 Å². The van der Waals surface area contributed by atoms with E-state index in [-0.39, 0.29) is 12.8 Å². The lowest BCUT2D eigenvalue weighted by molar-refractivity contribution is -0.303. The number of aliphatic hydroxyl groups is 7. The Labute approximate surface area is 535 Å². The highest BCUT2D eigenvalue weighted by molar-refractivity contribution is 5.80. The zero-order valence-corrected chi connectivity index (χ0v) is 56.5. The molecule has 0 aromatic carbocycles. The first-order valence-electron chi connectivity index (χ1n) is 37.2. The average molecular weight is 1230 g/mol. The molecule has 11 nitrogen and oxygen atoms in total. The van der Waals surface area contributed by atoms with Crippen molar-refractivity contribution in [2.45, 2.75) is 403 Å². The van der Waals surface area contributed by atoms with Crippen molar-refractivity contribution >= 4 is 5.91 Å². The molecule has 0 saturated carbocycles. The van der Waals surface area contributed by atoms with Crippen LogP contribution in [0.3, 0.4) is 0 Å². The summed E-state index contributed by atoms with van der Waals surface area (Å²) in [5.74, 6) is -0.710. The molecule has 11 heteroatoms. The monoisotopic (exact) mass is 1230 g/mol. The first-order chi connectivity index (χ1) is 42.7. The number of nitrogens with one attached hydrogen (secondary N) is 1. The van der Waals surface area contributed by atoms with Gasteiger partial charge in [0.05, 0.1) is 25.4 Å². The van der Waals surface area contributed by atoms with Crippen LogP contribution in [-0.4, -0.2) is 110 Å². The fraction of sp³-hybridized carbons (Fsp3) is 0.855. The van der Waals surface area contributed by atoms with Crippen molar-refractivity contribution in [3.63, 3.8) is 0 Å². The smallest absolute Gasteiger partial charge is 0.249 e. The Morgan fingerprint density at radius 2 is 0.724 bits per heavy atom. The topological polar surface area (TPSA) is 189 Å². The van der Waals surface area contributed by atoms with Gasteiger partial charge in [-0.15, -0.1) is 0 Å². The third-order valence-corrected chi connectivity index (χ3v) is 17.7. The molecule has 9 unspecified atom stereocenters. The van der Waals surface area contributed by atoms with Gasteiger partial charge in [0.15, 0.2) is 6.29 Å². The van der Waals surface area contributed by atoms with Gasteiger partial charge in [0.2, 0.25) is 5.91 Å². The highest BCUT2D eigenvalue weighted by atomic mass is 16.7. The second-order valence-corrected chi connectivity index (χ2v) is 26.0. The number of carbonyl (C=O) groups is 1. The van der Waals surface area contributed by atoms with Crippen LogP contribution in [0, 0.1) is 0 Å². The number of amides is 1. The second kappa shape index (κ2) is 63.9. The number of hydrogen-bond donors (Lipinski definition) is 8. The molecule has 0 aromatic heterocycles. The van der Waals surface area contributed by atoms with E-state index in [4.69, 9.17) is 9.47 Å². The van der Waals surface area contributed by atoms with E-state index in [0.29, 0.717) is 19.3 Å². The number of aliphatic hydroxyl groups excluding tert-OH is 7. The third-order valence-electron chi connectivity index (χ3n) is 17.7. The molecule has 8 N–H and O–H groups in total. The van der Waals surface area contributed by atoms with Crippen LogP contribution in [0.2, 0.25) is 0 Å². The number of rotatable bonds is 65. The molecule has 0 radical (unpaired) electrons. The number of hydrogen-bond acceptors (Lipinski definition) is 10. The van der Waals surface area contributed by atoms with Crippen molar-refractivity contribution < 1.29 is 50.0 Å². The van der Waals surface area contributed by atoms with Gasteiger partial charge in [0, 0.05) is 0 Å². The molecule has 9 atom stereocenters. The summed E-state index contributed by atoms with van der Waals surface area (Å²) in [6.45, 7) is 3.48. The summed E-state index contributed by atoms with van der Waals surface area (Å²) in [4.78, 5) is 13.3. The Morgan fingerprint density at radius 3 is 1.09 bits per heavy atom. The maximum Gasteiger partial charge on any atom is 0.249 e. The van der Waals surface area contributed by atoms with Crippen LogP contribution in [0.5, 0.6) is 0 Å². The molecule has 1 aliphatic heterocycles. The van der Waals surface area contributed by atoms with Gasteiger partial charge in [-0.3, -0.25) is 4.79 Å². The zero-order chi connectivity index (χ0) is 63.1. The van der Waals surface area contributed by atoms with Crippen LogP contribution in [0.25, 0.3) is 0 Å². The lowest BCUT2D eigenvalue weighted by Crippen LogP contribution is -2.60. The minimum Gasteiger partial charge on any atom is -0.394 e. The first-order valence-corrected chi connectivity index (χ1v) is 37.2. The fourth-order valence-corrected chi connectivity index (χ4v) is 11.8. The van der Waals surface area contributed by atoms with Gasteiger partial charge in [0.25, 0.3) is 0 Å². The summed E-state index contributed by atoms with van der Waals surface area (Å²) < 4.78 is 11.2. The molecule has 1 fully saturated rings. The molecule has 1 aliphatic rings. The van der Waals surface area contributed by atoms with E-state index in [0.717, 1.165) is 51.4 Å². The Kier molecular flexibility index (Phi) is 60.9. The van der Waals surface area contributed by atoms with Gasteiger partial charge in [0.1, 0.15) is 36.6 Å². The molecule has 0 aliphatic carbocycles. The van der Waals surface area contributed by atoms with Gasteiger partial charge in [-0.05, 0) is 96.3 Å². The average Bonchev–Trinajstić information content (AvgIpc) is 1.97. The van der Waals surface area contributed by atoms with Gasteiger partial charge >= 0.3 is 0 Å². The minimum atomic E-state index is -1.68. The number of unbranched alkanes of at least 4 members (excludes halogenated alkanes) is 43. The van der Waals surface area contributed by atoms with Crippen molar-refractivity contribution in [1.82, 2.24) is 5.32 Å². The molecular formula is C76H141NO10. The van der Waals surface area contributed by atoms with E-state index in [2.05, 4.69) is 79.9 Å². The van der Waals surface area contributed by atoms with Crippen molar-refractivity contribution in [3.8, 4) is 0 Å². The van der Waals surface area contributed by atoms with E-state index in [1.54, 1.807) is 0 Å². The Morgan fingerprint density at radius 1 is 0.402 bits per heavy atom. The lowest BCUT2D eigenvalue weighted by atomic mass is 9.98. The summed E-state index contributed by atoms with van der Waals surface area (Å²) in [5, 5.41) is 76.6. The van der Waals surface area contributed by atoms with E-state index in [1.165, 1.54) is 250 Å². The van der Waals surface area contributed by atoms with E-state index < -0.39 is 74.2 Å². The van der Waals surface area contributed by atoms with Gasteiger partial charge < -0.3 is 50.5 Å². The summed E-state index contributed by atoms with van der Waals surface area (Å²) in [7, 11) is 0. The van der Waals surface area contributed by atoms with Gasteiger partial charge in [-0.2, -0.15) is 0 Å². The van der Waals surface area contributed by atoms with Crippen LogP contribution in [0.1, 0.15) is 348 Å². The molecule has 1 saturated heterocycles. The third kappa shape index (κ3) is 51.1. The maximum atomic E-state index is 13.3. The van der Waals surface area contributed by atoms with Crippen molar-refractivity contribution in [1.29, 1.82) is 0 Å². The Hall–Kier alpha value is -2.19. The Balaban J connectivity index is 2.22. The van der Waals surface area contributed by atoms with Crippen LogP contribution in [0.4, 0.5) is 0 Å².